The van der Waals surface area contributed by atoms with E-state index in [0.29, 0.717) is 44.7 Å². The van der Waals surface area contributed by atoms with Gasteiger partial charge in [-0.15, -0.1) is 6.58 Å². The lowest BCUT2D eigenvalue weighted by Crippen LogP contribution is -2.67. The van der Waals surface area contributed by atoms with Crippen molar-refractivity contribution in [3.63, 3.8) is 0 Å². The number of allylic oxidation sites excluding steroid dienone is 1. The van der Waals surface area contributed by atoms with E-state index in [0.717, 1.165) is 114 Å². The molecular formula is C41H66Cl2N8O. The lowest BCUT2D eigenvalue weighted by Gasteiger charge is -2.62. The first-order chi connectivity index (χ1) is 24.6. The fourth-order valence-corrected chi connectivity index (χ4v) is 9.66. The second-order valence-corrected chi connectivity index (χ2v) is 18.1. The van der Waals surface area contributed by atoms with Crippen LogP contribution < -0.4 is 10.6 Å². The summed E-state index contributed by atoms with van der Waals surface area (Å²) in [4.78, 5) is 10.4. The Kier molecular flexibility index (Phi) is 12.9. The molecule has 1 aliphatic carbocycles. The van der Waals surface area contributed by atoms with Gasteiger partial charge in [-0.05, 0) is 91.5 Å². The van der Waals surface area contributed by atoms with Gasteiger partial charge < -0.3 is 25.7 Å². The number of halogens is 2. The first-order valence-electron chi connectivity index (χ1n) is 19.6. The van der Waals surface area contributed by atoms with Gasteiger partial charge in [0.15, 0.2) is 5.82 Å². The van der Waals surface area contributed by atoms with Crippen LogP contribution in [0.3, 0.4) is 0 Å². The van der Waals surface area contributed by atoms with E-state index < -0.39 is 0 Å². The van der Waals surface area contributed by atoms with Crippen molar-refractivity contribution in [1.29, 1.82) is 5.41 Å². The number of nitrogens with one attached hydrogen (secondary N) is 1. The summed E-state index contributed by atoms with van der Waals surface area (Å²) in [5, 5.41) is 14.6. The van der Waals surface area contributed by atoms with E-state index >= 15 is 0 Å². The number of benzene rings is 1. The average Bonchev–Trinajstić information content (AvgIpc) is 3.33. The molecule has 1 aromatic heterocycles. The summed E-state index contributed by atoms with van der Waals surface area (Å²) < 4.78 is 7.71. The maximum absolute atomic E-state index is 8.33. The van der Waals surface area contributed by atoms with Crippen LogP contribution in [0.1, 0.15) is 98.4 Å². The standard InChI is InChI=1S/C36H54Cl2N8O.C3H6.C2H6/c1-23-30(31-27(17-39)29(40)13-28(37)32(31)38)33(41-46(23)25-15-36(16-25)21-44(22-36)34(2,3)4)45-8-7-24(14-35(45,5)6)18-42-9-11-43(12-10-42)26-19-47-20-26;1-3-2;1-2/h13,17,24-26,39H,7-12,14-16,18-22,40H2,1-6H3;3H,1H2,2H3;1-2H3/t24-;;/m1../s1. The first kappa shape index (κ1) is 41.0. The predicted molar refractivity (Wildman–Crippen MR) is 221 cm³/mol. The van der Waals surface area contributed by atoms with Gasteiger partial charge in [0.2, 0.25) is 0 Å². The van der Waals surface area contributed by atoms with Crippen LogP contribution in [0.2, 0.25) is 10.0 Å². The largest absolute Gasteiger partial charge is 0.398 e. The highest BCUT2D eigenvalue weighted by Gasteiger charge is 2.55. The molecule has 52 heavy (non-hydrogen) atoms. The molecule has 5 aliphatic rings. The number of piperidine rings is 1. The summed E-state index contributed by atoms with van der Waals surface area (Å²) in [7, 11) is 0. The number of hydrogen-bond donors (Lipinski definition) is 2. The smallest absolute Gasteiger partial charge is 0.159 e. The highest BCUT2D eigenvalue weighted by Crippen LogP contribution is 2.57. The van der Waals surface area contributed by atoms with Crippen molar-refractivity contribution < 1.29 is 4.74 Å². The van der Waals surface area contributed by atoms with Gasteiger partial charge in [0, 0.05) is 97.7 Å². The van der Waals surface area contributed by atoms with Crippen molar-refractivity contribution in [1.82, 2.24) is 24.5 Å². The molecule has 0 unspecified atom stereocenters. The Morgan fingerprint density at radius 1 is 1.02 bits per heavy atom. The van der Waals surface area contributed by atoms with Crippen LogP contribution in [0.5, 0.6) is 0 Å². The Bertz CT molecular complexity index is 1560. The van der Waals surface area contributed by atoms with Crippen molar-refractivity contribution >= 4 is 40.9 Å². The highest BCUT2D eigenvalue weighted by molar-refractivity contribution is 6.44. The summed E-state index contributed by atoms with van der Waals surface area (Å²) in [6.07, 6.45) is 7.54. The van der Waals surface area contributed by atoms with Crippen LogP contribution >= 0.6 is 23.2 Å². The summed E-state index contributed by atoms with van der Waals surface area (Å²) in [5.74, 6) is 1.57. The molecule has 1 spiro atoms. The predicted octanol–water partition coefficient (Wildman–Crippen LogP) is 8.41. The molecule has 11 heteroatoms. The zero-order valence-corrected chi connectivity index (χ0v) is 35.0. The number of hydrogen-bond acceptors (Lipinski definition) is 8. The second-order valence-electron chi connectivity index (χ2n) is 17.3. The Labute approximate surface area is 324 Å². The van der Waals surface area contributed by atoms with Gasteiger partial charge in [0.05, 0.1) is 35.3 Å². The lowest BCUT2D eigenvalue weighted by molar-refractivity contribution is -0.127. The van der Waals surface area contributed by atoms with E-state index in [1.807, 2.05) is 20.8 Å². The van der Waals surface area contributed by atoms with Crippen LogP contribution in [0, 0.1) is 23.7 Å². The average molecular weight is 758 g/mol. The van der Waals surface area contributed by atoms with Gasteiger partial charge in [0.1, 0.15) is 0 Å². The zero-order valence-electron chi connectivity index (χ0n) is 33.5. The SMILES string of the molecule is C=CC.CC.Cc1c(-c2c(Cl)c(Cl)cc(N)c2C=N)c(N2CC[C@@H](CN3CCN(C4COC4)CC3)CC2(C)C)nn1C1CC2(C1)CN(C(C)(C)C)C2. The van der Waals surface area contributed by atoms with Crippen molar-refractivity contribution in [3.05, 3.63) is 40.0 Å². The lowest BCUT2D eigenvalue weighted by atomic mass is 9.59. The molecule has 1 atom stereocenters. The van der Waals surface area contributed by atoms with Gasteiger partial charge in [-0.25, -0.2) is 0 Å². The molecule has 0 bridgehead atoms. The number of nitrogen functional groups attached to an aromatic ring is 1. The molecule has 9 nitrogen and oxygen atoms in total. The number of nitrogens with two attached hydrogens (primary N) is 1. The van der Waals surface area contributed by atoms with E-state index in [2.05, 4.69) is 72.4 Å². The number of likely N-dealkylation sites (tertiary alicyclic amines) is 1. The minimum atomic E-state index is -0.113. The Balaban J connectivity index is 0.000000995. The van der Waals surface area contributed by atoms with E-state index in [-0.39, 0.29) is 11.1 Å². The molecule has 4 aliphatic heterocycles. The van der Waals surface area contributed by atoms with Crippen molar-refractivity contribution in [2.45, 2.75) is 111 Å². The van der Waals surface area contributed by atoms with E-state index in [9.17, 15) is 0 Å². The number of piperazine rings is 1. The van der Waals surface area contributed by atoms with Crippen LogP contribution in [-0.4, -0.2) is 113 Å². The summed E-state index contributed by atoms with van der Waals surface area (Å²) >= 11 is 13.7. The molecule has 2 aromatic rings. The van der Waals surface area contributed by atoms with Gasteiger partial charge >= 0.3 is 0 Å². The third kappa shape index (κ3) is 8.11. The quantitative estimate of drug-likeness (QED) is 0.167. The van der Waals surface area contributed by atoms with Gasteiger partial charge in [-0.1, -0.05) is 43.1 Å². The van der Waals surface area contributed by atoms with Crippen molar-refractivity contribution in [2.75, 3.05) is 76.2 Å². The van der Waals surface area contributed by atoms with Crippen LogP contribution in [0.25, 0.3) is 11.1 Å². The molecule has 290 valence electrons. The van der Waals surface area contributed by atoms with Crippen LogP contribution in [0.4, 0.5) is 11.5 Å². The molecule has 0 radical (unpaired) electrons. The molecule has 5 heterocycles. The molecular weight excluding hydrogens is 691 g/mol. The van der Waals surface area contributed by atoms with Crippen LogP contribution in [-0.2, 0) is 4.74 Å². The number of anilines is 2. The number of rotatable bonds is 7. The minimum absolute atomic E-state index is 0.113. The summed E-state index contributed by atoms with van der Waals surface area (Å²) in [5.41, 5.74) is 10.8. The molecule has 1 saturated carbocycles. The van der Waals surface area contributed by atoms with Gasteiger partial charge in [-0.2, -0.15) is 5.10 Å². The molecule has 1 aromatic carbocycles. The second kappa shape index (κ2) is 16.3. The summed E-state index contributed by atoms with van der Waals surface area (Å²) in [6.45, 7) is 33.8. The fraction of sp³-hybridized carbons (Fsp3) is 0.707. The first-order valence-corrected chi connectivity index (χ1v) is 20.4. The number of ether oxygens (including phenoxy) is 1. The van der Waals surface area contributed by atoms with Crippen molar-refractivity contribution in [2.24, 2.45) is 11.3 Å². The number of nitrogens with zero attached hydrogens (tertiary/aromatic N) is 6. The normalized spacial score (nSPS) is 23.8. The Morgan fingerprint density at radius 2 is 1.63 bits per heavy atom. The third-order valence-electron chi connectivity index (χ3n) is 12.1. The molecule has 0 amide bonds. The van der Waals surface area contributed by atoms with E-state index in [4.69, 9.17) is 44.2 Å². The van der Waals surface area contributed by atoms with E-state index in [1.165, 1.54) is 6.21 Å². The summed E-state index contributed by atoms with van der Waals surface area (Å²) in [6, 6.07) is 2.63. The number of aromatic nitrogens is 2. The monoisotopic (exact) mass is 756 g/mol. The maximum atomic E-state index is 8.33. The van der Waals surface area contributed by atoms with Crippen LogP contribution in [0.15, 0.2) is 18.7 Å². The van der Waals surface area contributed by atoms with Crippen molar-refractivity contribution in [3.8, 4) is 11.1 Å². The zero-order chi connectivity index (χ0) is 38.2. The Morgan fingerprint density at radius 3 is 2.15 bits per heavy atom. The van der Waals surface area contributed by atoms with E-state index in [1.54, 1.807) is 12.1 Å². The Hall–Kier alpha value is -2.14. The molecule has 3 N–H and O–H groups in total. The molecule has 7 rings (SSSR count). The highest BCUT2D eigenvalue weighted by atomic mass is 35.5. The van der Waals surface area contributed by atoms with Gasteiger partial charge in [-0.3, -0.25) is 14.5 Å². The van der Waals surface area contributed by atoms with Gasteiger partial charge in [0.25, 0.3) is 0 Å². The molecule has 4 saturated heterocycles. The minimum Gasteiger partial charge on any atom is -0.398 e. The topological polar surface area (TPSA) is 89.9 Å². The molecule has 5 fully saturated rings. The maximum Gasteiger partial charge on any atom is 0.159 e. The third-order valence-corrected chi connectivity index (χ3v) is 12.9. The fourth-order valence-electron chi connectivity index (χ4n) is 9.20.